The molecule has 2 aromatic heterocycles. The summed E-state index contributed by atoms with van der Waals surface area (Å²) in [4.78, 5) is 4.57. The first-order valence-corrected chi connectivity index (χ1v) is 6.15. The van der Waals surface area contributed by atoms with Crippen molar-refractivity contribution in [3.05, 3.63) is 47.9 Å². The highest BCUT2D eigenvalue weighted by Gasteiger charge is 2.07. The third kappa shape index (κ3) is 1.84. The van der Waals surface area contributed by atoms with Gasteiger partial charge in [0.15, 0.2) is 0 Å². The Hall–Kier alpha value is -1.94. The molecule has 90 valence electrons. The molecule has 0 saturated carbocycles. The lowest BCUT2D eigenvalue weighted by atomic mass is 10.2. The maximum Gasteiger partial charge on any atom is 0.0979 e. The Kier molecular flexibility index (Phi) is 2.72. The molecule has 0 aliphatic carbocycles. The van der Waals surface area contributed by atoms with Crippen LogP contribution in [0.1, 0.15) is 11.4 Å². The molecule has 0 radical (unpaired) electrons. The number of alkyl halides is 1. The van der Waals surface area contributed by atoms with E-state index in [1.807, 2.05) is 37.4 Å². The van der Waals surface area contributed by atoms with E-state index >= 15 is 0 Å². The van der Waals surface area contributed by atoms with E-state index in [4.69, 9.17) is 11.6 Å². The lowest BCUT2D eigenvalue weighted by Crippen LogP contribution is -1.98. The van der Waals surface area contributed by atoms with E-state index in [1.54, 1.807) is 4.68 Å². The smallest absolute Gasteiger partial charge is 0.0979 e. The van der Waals surface area contributed by atoms with Gasteiger partial charge in [0.05, 0.1) is 29.0 Å². The van der Waals surface area contributed by atoms with E-state index in [0.29, 0.717) is 5.88 Å². The normalized spacial score (nSPS) is 11.0. The van der Waals surface area contributed by atoms with Crippen LogP contribution in [0.4, 0.5) is 0 Å². The van der Waals surface area contributed by atoms with E-state index in [2.05, 4.69) is 21.4 Å². The van der Waals surface area contributed by atoms with Crippen LogP contribution >= 0.6 is 11.6 Å². The summed E-state index contributed by atoms with van der Waals surface area (Å²) in [6.07, 6.45) is 1.83. The van der Waals surface area contributed by atoms with Gasteiger partial charge in [0.25, 0.3) is 0 Å². The van der Waals surface area contributed by atoms with Gasteiger partial charge in [0.1, 0.15) is 0 Å². The second-order valence-corrected chi connectivity index (χ2v) is 4.36. The van der Waals surface area contributed by atoms with Crippen LogP contribution in [0.5, 0.6) is 0 Å². The maximum atomic E-state index is 5.74. The molecule has 0 N–H and O–H groups in total. The third-order valence-electron chi connectivity index (χ3n) is 2.76. The summed E-state index contributed by atoms with van der Waals surface area (Å²) in [6.45, 7) is 1.97. The molecule has 0 aliphatic heterocycles. The average Bonchev–Trinajstić information content (AvgIpc) is 2.86. The molecular weight excluding hydrogens is 248 g/mol. The molecule has 0 spiro atoms. The zero-order valence-electron chi connectivity index (χ0n) is 9.84. The van der Waals surface area contributed by atoms with E-state index < -0.39 is 0 Å². The Labute approximate surface area is 109 Å². The number of nitrogens with zero attached hydrogens (tertiary/aromatic N) is 4. The highest BCUT2D eigenvalue weighted by molar-refractivity contribution is 6.16. The number of hydrogen-bond donors (Lipinski definition) is 0. The standard InChI is InChI=1S/C13H11ClN4/c1-9-5-6-10-3-2-4-12(13(10)15-9)18-8-11(7-14)16-17-18/h2-6,8H,7H2,1H3. The zero-order valence-corrected chi connectivity index (χ0v) is 10.6. The van der Waals surface area contributed by atoms with Crippen molar-refractivity contribution in [3.63, 3.8) is 0 Å². The molecule has 1 aromatic carbocycles. The number of halogens is 1. The molecule has 4 nitrogen and oxygen atoms in total. The highest BCUT2D eigenvalue weighted by Crippen LogP contribution is 2.20. The fraction of sp³-hybridized carbons (Fsp3) is 0.154. The van der Waals surface area contributed by atoms with Gasteiger partial charge in [-0.1, -0.05) is 23.4 Å². The number of fused-ring (bicyclic) bond motifs is 1. The van der Waals surface area contributed by atoms with E-state index in [9.17, 15) is 0 Å². The van der Waals surface area contributed by atoms with Crippen molar-refractivity contribution in [3.8, 4) is 5.69 Å². The average molecular weight is 259 g/mol. The molecule has 18 heavy (non-hydrogen) atoms. The molecular formula is C13H11ClN4. The van der Waals surface area contributed by atoms with Crippen molar-refractivity contribution in [2.75, 3.05) is 0 Å². The Morgan fingerprint density at radius 3 is 2.89 bits per heavy atom. The lowest BCUT2D eigenvalue weighted by molar-refractivity contribution is 0.803. The van der Waals surface area contributed by atoms with Gasteiger partial charge in [-0.05, 0) is 19.1 Å². The molecule has 3 aromatic rings. The Morgan fingerprint density at radius 1 is 1.22 bits per heavy atom. The molecule has 0 bridgehead atoms. The summed E-state index contributed by atoms with van der Waals surface area (Å²) in [5.74, 6) is 0.358. The lowest BCUT2D eigenvalue weighted by Gasteiger charge is -2.05. The second kappa shape index (κ2) is 4.38. The number of rotatable bonds is 2. The predicted octanol–water partition coefficient (Wildman–Crippen LogP) is 2.86. The first-order valence-electron chi connectivity index (χ1n) is 5.62. The minimum atomic E-state index is 0.358. The molecule has 3 rings (SSSR count). The first kappa shape index (κ1) is 11.2. The third-order valence-corrected chi connectivity index (χ3v) is 3.04. The number of pyridine rings is 1. The van der Waals surface area contributed by atoms with Gasteiger partial charge in [-0.2, -0.15) is 0 Å². The van der Waals surface area contributed by atoms with Crippen molar-refractivity contribution in [1.29, 1.82) is 0 Å². The van der Waals surface area contributed by atoms with Crippen molar-refractivity contribution < 1.29 is 0 Å². The molecule has 0 fully saturated rings. The Bertz CT molecular complexity index is 705. The topological polar surface area (TPSA) is 43.6 Å². The van der Waals surface area contributed by atoms with Gasteiger partial charge in [0, 0.05) is 11.1 Å². The van der Waals surface area contributed by atoms with Crippen molar-refractivity contribution in [2.45, 2.75) is 12.8 Å². The summed E-state index contributed by atoms with van der Waals surface area (Å²) >= 11 is 5.74. The molecule has 2 heterocycles. The fourth-order valence-electron chi connectivity index (χ4n) is 1.89. The minimum absolute atomic E-state index is 0.358. The van der Waals surface area contributed by atoms with Crippen LogP contribution in [-0.4, -0.2) is 20.0 Å². The van der Waals surface area contributed by atoms with Gasteiger partial charge in [-0.25, -0.2) is 4.68 Å². The zero-order chi connectivity index (χ0) is 12.5. The molecule has 0 atom stereocenters. The van der Waals surface area contributed by atoms with Crippen LogP contribution in [0, 0.1) is 6.92 Å². The molecule has 0 unspecified atom stereocenters. The molecule has 0 aliphatic rings. The van der Waals surface area contributed by atoms with Crippen molar-refractivity contribution >= 4 is 22.5 Å². The van der Waals surface area contributed by atoms with Crippen LogP contribution in [0.3, 0.4) is 0 Å². The van der Waals surface area contributed by atoms with Gasteiger partial charge >= 0.3 is 0 Å². The van der Waals surface area contributed by atoms with Gasteiger partial charge in [0.2, 0.25) is 0 Å². The minimum Gasteiger partial charge on any atom is -0.251 e. The van der Waals surface area contributed by atoms with Crippen LogP contribution in [-0.2, 0) is 5.88 Å². The number of aromatic nitrogens is 4. The highest BCUT2D eigenvalue weighted by atomic mass is 35.5. The Balaban J connectivity index is 2.24. The number of hydrogen-bond acceptors (Lipinski definition) is 3. The number of aryl methyl sites for hydroxylation is 1. The number of benzene rings is 1. The fourth-order valence-corrected chi connectivity index (χ4v) is 2.01. The van der Waals surface area contributed by atoms with Crippen LogP contribution in [0.25, 0.3) is 16.6 Å². The molecule has 0 saturated heterocycles. The summed E-state index contributed by atoms with van der Waals surface area (Å²) in [7, 11) is 0. The van der Waals surface area contributed by atoms with E-state index in [0.717, 1.165) is 28.0 Å². The summed E-state index contributed by atoms with van der Waals surface area (Å²) in [6, 6.07) is 10.0. The second-order valence-electron chi connectivity index (χ2n) is 4.09. The van der Waals surface area contributed by atoms with Crippen LogP contribution in [0.2, 0.25) is 0 Å². The quantitative estimate of drug-likeness (QED) is 0.664. The van der Waals surface area contributed by atoms with Crippen LogP contribution < -0.4 is 0 Å². The summed E-state index contributed by atoms with van der Waals surface area (Å²) < 4.78 is 1.71. The van der Waals surface area contributed by atoms with Gasteiger partial charge in [-0.3, -0.25) is 4.98 Å². The molecule has 0 amide bonds. The Morgan fingerprint density at radius 2 is 2.11 bits per heavy atom. The van der Waals surface area contributed by atoms with Crippen LogP contribution in [0.15, 0.2) is 36.5 Å². The largest absolute Gasteiger partial charge is 0.251 e. The first-order chi connectivity index (χ1) is 8.78. The van der Waals surface area contributed by atoms with Gasteiger partial charge < -0.3 is 0 Å². The maximum absolute atomic E-state index is 5.74. The molecule has 5 heteroatoms. The number of para-hydroxylation sites is 1. The monoisotopic (exact) mass is 258 g/mol. The summed E-state index contributed by atoms with van der Waals surface area (Å²) in [5.41, 5.74) is 3.57. The summed E-state index contributed by atoms with van der Waals surface area (Å²) in [5, 5.41) is 9.16. The van der Waals surface area contributed by atoms with E-state index in [-0.39, 0.29) is 0 Å². The SMILES string of the molecule is Cc1ccc2cccc(-n3cc(CCl)nn3)c2n1. The van der Waals surface area contributed by atoms with Crippen molar-refractivity contribution in [1.82, 2.24) is 20.0 Å². The predicted molar refractivity (Wildman–Crippen MR) is 71.0 cm³/mol. The van der Waals surface area contributed by atoms with E-state index in [1.165, 1.54) is 0 Å². The van der Waals surface area contributed by atoms with Gasteiger partial charge in [-0.15, -0.1) is 16.7 Å². The van der Waals surface area contributed by atoms with Crippen molar-refractivity contribution in [2.24, 2.45) is 0 Å².